The minimum atomic E-state index is -0.437. The summed E-state index contributed by atoms with van der Waals surface area (Å²) in [4.78, 5) is 18.2. The number of piperidine rings is 1. The molecule has 1 atom stereocenters. The summed E-state index contributed by atoms with van der Waals surface area (Å²) in [5.74, 6) is 0. The predicted molar refractivity (Wildman–Crippen MR) is 85.7 cm³/mol. The monoisotopic (exact) mass is 308 g/mol. The fraction of sp³-hybridized carbons (Fsp3) is 0.750. The maximum atomic E-state index is 12.3. The molecule has 6 heteroatoms. The molecule has 1 aliphatic heterocycles. The smallest absolute Gasteiger partial charge is 0.410 e. The second-order valence-corrected chi connectivity index (χ2v) is 6.83. The molecule has 1 fully saturated rings. The molecule has 1 aromatic rings. The quantitative estimate of drug-likeness (QED) is 0.848. The zero-order valence-electron chi connectivity index (χ0n) is 13.9. The largest absolute Gasteiger partial charge is 0.444 e. The van der Waals surface area contributed by atoms with Crippen molar-refractivity contribution in [2.24, 2.45) is 0 Å². The van der Waals surface area contributed by atoms with E-state index in [2.05, 4.69) is 10.3 Å². The Morgan fingerprint density at radius 2 is 2.23 bits per heavy atom. The molecule has 22 heavy (non-hydrogen) atoms. The minimum Gasteiger partial charge on any atom is -0.444 e. The van der Waals surface area contributed by atoms with Crippen molar-refractivity contribution in [3.8, 4) is 0 Å². The fourth-order valence-corrected chi connectivity index (χ4v) is 2.67. The summed E-state index contributed by atoms with van der Waals surface area (Å²) >= 11 is 0. The first-order valence-corrected chi connectivity index (χ1v) is 8.12. The number of carbonyl (C=O) groups is 1. The van der Waals surface area contributed by atoms with Crippen molar-refractivity contribution in [3.63, 3.8) is 0 Å². The van der Waals surface area contributed by atoms with E-state index in [0.717, 1.165) is 39.0 Å². The highest BCUT2D eigenvalue weighted by atomic mass is 16.6. The number of nitrogens with one attached hydrogen (secondary N) is 1. The van der Waals surface area contributed by atoms with Gasteiger partial charge in [0, 0.05) is 44.6 Å². The van der Waals surface area contributed by atoms with E-state index in [-0.39, 0.29) is 12.1 Å². The summed E-state index contributed by atoms with van der Waals surface area (Å²) < 4.78 is 7.56. The Hall–Kier alpha value is -1.56. The lowest BCUT2D eigenvalue weighted by Gasteiger charge is -2.37. The molecule has 1 N–H and O–H groups in total. The molecule has 0 aliphatic carbocycles. The highest BCUT2D eigenvalue weighted by molar-refractivity contribution is 5.68. The van der Waals surface area contributed by atoms with Gasteiger partial charge in [0.15, 0.2) is 0 Å². The van der Waals surface area contributed by atoms with Crippen LogP contribution in [0.1, 0.15) is 40.0 Å². The number of carbonyl (C=O) groups excluding carboxylic acids is 1. The molecule has 2 rings (SSSR count). The first kappa shape index (κ1) is 16.8. The average Bonchev–Trinajstić information content (AvgIpc) is 2.95. The molecular formula is C16H28N4O2. The molecule has 1 aromatic heterocycles. The third kappa shape index (κ3) is 5.33. The Balaban J connectivity index is 1.77. The van der Waals surface area contributed by atoms with Crippen molar-refractivity contribution in [2.75, 3.05) is 19.6 Å². The van der Waals surface area contributed by atoms with Gasteiger partial charge in [0.1, 0.15) is 5.60 Å². The highest BCUT2D eigenvalue weighted by Crippen LogP contribution is 2.19. The number of ether oxygens (including phenoxy) is 1. The Labute approximate surface area is 132 Å². The summed E-state index contributed by atoms with van der Waals surface area (Å²) in [7, 11) is 0. The third-order valence-corrected chi connectivity index (χ3v) is 3.74. The van der Waals surface area contributed by atoms with Crippen LogP contribution in [0.5, 0.6) is 0 Å². The van der Waals surface area contributed by atoms with Crippen molar-refractivity contribution in [1.29, 1.82) is 0 Å². The van der Waals surface area contributed by atoms with Crippen molar-refractivity contribution in [1.82, 2.24) is 19.8 Å². The maximum Gasteiger partial charge on any atom is 0.410 e. The van der Waals surface area contributed by atoms with Crippen LogP contribution in [0.3, 0.4) is 0 Å². The van der Waals surface area contributed by atoms with Crippen LogP contribution in [0.25, 0.3) is 0 Å². The molecule has 124 valence electrons. The molecule has 1 aliphatic rings. The Morgan fingerprint density at radius 3 is 2.91 bits per heavy atom. The summed E-state index contributed by atoms with van der Waals surface area (Å²) in [6.07, 6.45) is 8.64. The molecule has 1 amide bonds. The van der Waals surface area contributed by atoms with Crippen molar-refractivity contribution < 1.29 is 9.53 Å². The van der Waals surface area contributed by atoms with Crippen LogP contribution in [-0.4, -0.2) is 51.8 Å². The third-order valence-electron chi connectivity index (χ3n) is 3.74. The zero-order valence-corrected chi connectivity index (χ0v) is 13.9. The van der Waals surface area contributed by atoms with E-state index in [4.69, 9.17) is 4.74 Å². The van der Waals surface area contributed by atoms with Gasteiger partial charge in [-0.15, -0.1) is 0 Å². The van der Waals surface area contributed by atoms with Crippen LogP contribution in [-0.2, 0) is 11.3 Å². The van der Waals surface area contributed by atoms with Crippen molar-refractivity contribution >= 4 is 6.09 Å². The molecule has 2 heterocycles. The van der Waals surface area contributed by atoms with Gasteiger partial charge < -0.3 is 19.5 Å². The number of imidazole rings is 1. The van der Waals surface area contributed by atoms with E-state index in [1.807, 2.05) is 42.8 Å². The van der Waals surface area contributed by atoms with E-state index in [0.29, 0.717) is 0 Å². The topological polar surface area (TPSA) is 59.4 Å². The Kier molecular flexibility index (Phi) is 5.83. The number of amides is 1. The lowest BCUT2D eigenvalue weighted by molar-refractivity contribution is 0.00996. The van der Waals surface area contributed by atoms with Crippen LogP contribution in [0.4, 0.5) is 4.79 Å². The van der Waals surface area contributed by atoms with Crippen LogP contribution < -0.4 is 5.32 Å². The standard InChI is InChI=1S/C16H28N4O2/c1-16(2,3)22-15(21)20-9-5-4-6-14(20)12-17-7-10-19-11-8-18-13-19/h8,11,13-14,17H,4-7,9-10,12H2,1-3H3. The second-order valence-electron chi connectivity index (χ2n) is 6.83. The number of rotatable bonds is 5. The number of likely N-dealkylation sites (tertiary alicyclic amines) is 1. The molecule has 1 unspecified atom stereocenters. The van der Waals surface area contributed by atoms with Gasteiger partial charge in [-0.3, -0.25) is 0 Å². The molecule has 1 saturated heterocycles. The highest BCUT2D eigenvalue weighted by Gasteiger charge is 2.29. The van der Waals surface area contributed by atoms with E-state index in [9.17, 15) is 4.79 Å². The predicted octanol–water partition coefficient (Wildman–Crippen LogP) is 2.26. The van der Waals surface area contributed by atoms with Gasteiger partial charge in [-0.25, -0.2) is 9.78 Å². The van der Waals surface area contributed by atoms with Crippen molar-refractivity contribution in [2.45, 2.75) is 58.2 Å². The van der Waals surface area contributed by atoms with E-state index >= 15 is 0 Å². The number of nitrogens with zero attached hydrogens (tertiary/aromatic N) is 3. The number of hydrogen-bond acceptors (Lipinski definition) is 4. The fourth-order valence-electron chi connectivity index (χ4n) is 2.67. The molecule has 0 saturated carbocycles. The summed E-state index contributed by atoms with van der Waals surface area (Å²) in [5, 5.41) is 3.44. The average molecular weight is 308 g/mol. The minimum absolute atomic E-state index is 0.186. The first-order chi connectivity index (χ1) is 10.5. The Morgan fingerprint density at radius 1 is 1.41 bits per heavy atom. The SMILES string of the molecule is CC(C)(C)OC(=O)N1CCCCC1CNCCn1ccnc1. The molecule has 0 aromatic carbocycles. The normalized spacial score (nSPS) is 19.2. The number of hydrogen-bond donors (Lipinski definition) is 1. The maximum absolute atomic E-state index is 12.3. The van der Waals surface area contributed by atoms with E-state index in [1.54, 1.807) is 6.20 Å². The molecule has 0 bridgehead atoms. The van der Waals surface area contributed by atoms with Crippen LogP contribution in [0, 0.1) is 0 Å². The van der Waals surface area contributed by atoms with Gasteiger partial charge in [-0.2, -0.15) is 0 Å². The summed E-state index contributed by atoms with van der Waals surface area (Å²) in [5.41, 5.74) is -0.437. The number of aromatic nitrogens is 2. The first-order valence-electron chi connectivity index (χ1n) is 8.12. The molecular weight excluding hydrogens is 280 g/mol. The zero-order chi connectivity index (χ0) is 16.0. The summed E-state index contributed by atoms with van der Waals surface area (Å²) in [6, 6.07) is 0.228. The van der Waals surface area contributed by atoms with Gasteiger partial charge in [0.05, 0.1) is 6.33 Å². The van der Waals surface area contributed by atoms with Crippen LogP contribution in [0.15, 0.2) is 18.7 Å². The molecule has 0 radical (unpaired) electrons. The van der Waals surface area contributed by atoms with Gasteiger partial charge in [-0.05, 0) is 40.0 Å². The second kappa shape index (κ2) is 7.63. The lowest BCUT2D eigenvalue weighted by atomic mass is 10.0. The van der Waals surface area contributed by atoms with E-state index < -0.39 is 5.60 Å². The van der Waals surface area contributed by atoms with Gasteiger partial charge in [0.25, 0.3) is 0 Å². The van der Waals surface area contributed by atoms with Gasteiger partial charge in [-0.1, -0.05) is 0 Å². The van der Waals surface area contributed by atoms with Gasteiger partial charge >= 0.3 is 6.09 Å². The molecule has 6 nitrogen and oxygen atoms in total. The Bertz CT molecular complexity index is 453. The summed E-state index contributed by atoms with van der Waals surface area (Å²) in [6.45, 7) is 9.10. The van der Waals surface area contributed by atoms with E-state index in [1.165, 1.54) is 6.42 Å². The van der Waals surface area contributed by atoms with Crippen molar-refractivity contribution in [3.05, 3.63) is 18.7 Å². The van der Waals surface area contributed by atoms with Crippen LogP contribution >= 0.6 is 0 Å². The van der Waals surface area contributed by atoms with Gasteiger partial charge in [0.2, 0.25) is 0 Å². The van der Waals surface area contributed by atoms with Crippen LogP contribution in [0.2, 0.25) is 0 Å². The lowest BCUT2D eigenvalue weighted by Crippen LogP contribution is -2.50. The molecule has 0 spiro atoms.